The average molecular weight is 372 g/mol. The van der Waals surface area contributed by atoms with Crippen LogP contribution in [-0.2, 0) is 4.79 Å². The van der Waals surface area contributed by atoms with E-state index < -0.39 is 17.5 Å². The molecule has 0 fully saturated rings. The number of amides is 1. The van der Waals surface area contributed by atoms with E-state index >= 15 is 0 Å². The lowest BCUT2D eigenvalue weighted by atomic mass is 10.1. The number of anilines is 1. The van der Waals surface area contributed by atoms with E-state index in [2.05, 4.69) is 10.4 Å². The minimum atomic E-state index is -0.940. The van der Waals surface area contributed by atoms with Crippen LogP contribution in [0, 0.1) is 19.7 Å². The van der Waals surface area contributed by atoms with Crippen LogP contribution in [0.4, 0.5) is 10.1 Å². The number of Topliss-reactive ketones (excluding diaryl/α,β-unsaturated/α-hetero) is 1. The van der Waals surface area contributed by atoms with Crippen molar-refractivity contribution in [3.8, 4) is 5.69 Å². The van der Waals surface area contributed by atoms with E-state index in [0.29, 0.717) is 11.4 Å². The van der Waals surface area contributed by atoms with Gasteiger partial charge in [0, 0.05) is 5.02 Å². The smallest absolute Gasteiger partial charge is 0.296 e. The Morgan fingerprint density at radius 2 is 1.81 bits per heavy atom. The van der Waals surface area contributed by atoms with Crippen molar-refractivity contribution in [1.82, 2.24) is 9.78 Å². The number of aromatic nitrogens is 2. The van der Waals surface area contributed by atoms with Crippen LogP contribution >= 0.6 is 11.6 Å². The molecule has 0 saturated carbocycles. The van der Waals surface area contributed by atoms with Crippen LogP contribution in [0.1, 0.15) is 21.7 Å². The Balaban J connectivity index is 1.90. The third kappa shape index (κ3) is 3.36. The van der Waals surface area contributed by atoms with Crippen molar-refractivity contribution in [3.63, 3.8) is 0 Å². The quantitative estimate of drug-likeness (QED) is 0.554. The van der Waals surface area contributed by atoms with E-state index in [0.717, 1.165) is 11.8 Å². The first-order valence-corrected chi connectivity index (χ1v) is 8.18. The third-order valence-corrected chi connectivity index (χ3v) is 4.14. The van der Waals surface area contributed by atoms with Crippen molar-refractivity contribution in [3.05, 3.63) is 76.3 Å². The van der Waals surface area contributed by atoms with Gasteiger partial charge in [-0.2, -0.15) is 5.10 Å². The highest BCUT2D eigenvalue weighted by atomic mass is 35.5. The molecule has 0 aliphatic heterocycles. The summed E-state index contributed by atoms with van der Waals surface area (Å²) < 4.78 is 15.4. The van der Waals surface area contributed by atoms with Crippen molar-refractivity contribution in [1.29, 1.82) is 0 Å². The largest absolute Gasteiger partial charge is 0.317 e. The SMILES string of the molecule is Cc1nn(-c2ccccc2)c(C)c1C(=O)C(=O)Nc1ccc(Cl)cc1F. The van der Waals surface area contributed by atoms with Gasteiger partial charge in [0.25, 0.3) is 11.7 Å². The molecule has 26 heavy (non-hydrogen) atoms. The zero-order valence-corrected chi connectivity index (χ0v) is 14.8. The topological polar surface area (TPSA) is 64.0 Å². The van der Waals surface area contributed by atoms with Crippen LogP contribution in [0.3, 0.4) is 0 Å². The molecule has 0 atom stereocenters. The van der Waals surface area contributed by atoms with Crippen molar-refractivity contribution in [2.75, 3.05) is 5.32 Å². The first kappa shape index (κ1) is 17.8. The van der Waals surface area contributed by atoms with E-state index in [9.17, 15) is 14.0 Å². The standard InChI is InChI=1S/C19H15ClFN3O2/c1-11-17(12(2)24(23-11)14-6-4-3-5-7-14)18(25)19(26)22-16-9-8-13(20)10-15(16)21/h3-10H,1-2H3,(H,22,26). The number of nitrogens with zero attached hydrogens (tertiary/aromatic N) is 2. The highest BCUT2D eigenvalue weighted by Crippen LogP contribution is 2.21. The predicted molar refractivity (Wildman–Crippen MR) is 97.4 cm³/mol. The van der Waals surface area contributed by atoms with Crippen LogP contribution in [0.2, 0.25) is 5.02 Å². The number of aryl methyl sites for hydroxylation is 1. The molecule has 1 aromatic heterocycles. The van der Waals surface area contributed by atoms with E-state index in [4.69, 9.17) is 11.6 Å². The summed E-state index contributed by atoms with van der Waals surface area (Å²) in [7, 11) is 0. The Hall–Kier alpha value is -2.99. The number of carbonyl (C=O) groups is 2. The molecule has 132 valence electrons. The fourth-order valence-corrected chi connectivity index (χ4v) is 2.83. The lowest BCUT2D eigenvalue weighted by Crippen LogP contribution is -2.24. The van der Waals surface area contributed by atoms with Crippen LogP contribution < -0.4 is 5.32 Å². The number of rotatable bonds is 4. The van der Waals surface area contributed by atoms with Gasteiger partial charge in [-0.05, 0) is 44.2 Å². The molecule has 3 rings (SSSR count). The second-order valence-corrected chi connectivity index (χ2v) is 6.14. The van der Waals surface area contributed by atoms with Crippen LogP contribution in [0.15, 0.2) is 48.5 Å². The number of carbonyl (C=O) groups excluding carboxylic acids is 2. The molecule has 0 spiro atoms. The van der Waals surface area contributed by atoms with Crippen LogP contribution in [0.25, 0.3) is 5.69 Å². The molecule has 3 aromatic rings. The maximum Gasteiger partial charge on any atom is 0.296 e. The fraction of sp³-hybridized carbons (Fsp3) is 0.105. The van der Waals surface area contributed by atoms with Gasteiger partial charge in [-0.25, -0.2) is 9.07 Å². The Bertz CT molecular complexity index is 1000. The summed E-state index contributed by atoms with van der Waals surface area (Å²) in [5.74, 6) is -2.44. The molecular formula is C19H15ClFN3O2. The first-order valence-electron chi connectivity index (χ1n) is 7.81. The monoisotopic (exact) mass is 371 g/mol. The lowest BCUT2D eigenvalue weighted by Gasteiger charge is -2.07. The number of halogens is 2. The molecule has 1 amide bonds. The molecule has 0 saturated heterocycles. The van der Waals surface area contributed by atoms with Crippen molar-refractivity contribution in [2.24, 2.45) is 0 Å². The molecule has 1 N–H and O–H groups in total. The number of nitrogens with one attached hydrogen (secondary N) is 1. The summed E-state index contributed by atoms with van der Waals surface area (Å²) >= 11 is 5.68. The number of hydrogen-bond donors (Lipinski definition) is 1. The molecule has 5 nitrogen and oxygen atoms in total. The van der Waals surface area contributed by atoms with Gasteiger partial charge in [0.1, 0.15) is 5.82 Å². The summed E-state index contributed by atoms with van der Waals surface area (Å²) in [4.78, 5) is 24.9. The van der Waals surface area contributed by atoms with E-state index in [1.807, 2.05) is 30.3 Å². The Morgan fingerprint density at radius 3 is 2.46 bits per heavy atom. The van der Waals surface area contributed by atoms with Gasteiger partial charge in [-0.15, -0.1) is 0 Å². The van der Waals surface area contributed by atoms with Gasteiger partial charge in [0.15, 0.2) is 0 Å². The summed E-state index contributed by atoms with van der Waals surface area (Å²) in [5.41, 5.74) is 1.81. The second-order valence-electron chi connectivity index (χ2n) is 5.70. The van der Waals surface area contributed by atoms with E-state index in [-0.39, 0.29) is 16.3 Å². The predicted octanol–water partition coefficient (Wildman–Crippen LogP) is 4.10. The van der Waals surface area contributed by atoms with Gasteiger partial charge in [-0.1, -0.05) is 29.8 Å². The molecular weight excluding hydrogens is 357 g/mol. The normalized spacial score (nSPS) is 10.6. The summed E-state index contributed by atoms with van der Waals surface area (Å²) in [5, 5.41) is 6.82. The van der Waals surface area contributed by atoms with Crippen LogP contribution in [0.5, 0.6) is 0 Å². The van der Waals surface area contributed by atoms with Gasteiger partial charge in [0.2, 0.25) is 0 Å². The number of benzene rings is 2. The highest BCUT2D eigenvalue weighted by molar-refractivity contribution is 6.47. The zero-order valence-electron chi connectivity index (χ0n) is 14.1. The average Bonchev–Trinajstić information content (AvgIpc) is 2.92. The molecule has 0 unspecified atom stereocenters. The summed E-state index contributed by atoms with van der Waals surface area (Å²) in [6.45, 7) is 3.35. The highest BCUT2D eigenvalue weighted by Gasteiger charge is 2.25. The second kappa shape index (κ2) is 7.09. The number of hydrogen-bond acceptors (Lipinski definition) is 3. The van der Waals surface area contributed by atoms with Gasteiger partial charge in [-0.3, -0.25) is 9.59 Å². The zero-order chi connectivity index (χ0) is 18.8. The molecule has 0 aliphatic rings. The molecule has 7 heteroatoms. The summed E-state index contributed by atoms with van der Waals surface area (Å²) in [6, 6.07) is 13.0. The minimum Gasteiger partial charge on any atom is -0.317 e. The Labute approximate surface area is 154 Å². The lowest BCUT2D eigenvalue weighted by molar-refractivity contribution is -0.112. The van der Waals surface area contributed by atoms with E-state index in [1.165, 1.54) is 12.1 Å². The maximum absolute atomic E-state index is 13.8. The van der Waals surface area contributed by atoms with Crippen molar-refractivity contribution >= 4 is 29.0 Å². The van der Waals surface area contributed by atoms with Gasteiger partial charge >= 0.3 is 0 Å². The van der Waals surface area contributed by atoms with Gasteiger partial charge < -0.3 is 5.32 Å². The number of ketones is 1. The summed E-state index contributed by atoms with van der Waals surface area (Å²) in [6.07, 6.45) is 0. The Morgan fingerprint density at radius 1 is 1.12 bits per heavy atom. The minimum absolute atomic E-state index is 0.112. The van der Waals surface area contributed by atoms with Gasteiger partial charge in [0.05, 0.1) is 28.3 Å². The van der Waals surface area contributed by atoms with Crippen LogP contribution in [-0.4, -0.2) is 21.5 Å². The molecule has 0 bridgehead atoms. The molecule has 0 radical (unpaired) electrons. The van der Waals surface area contributed by atoms with Crippen molar-refractivity contribution in [2.45, 2.75) is 13.8 Å². The third-order valence-electron chi connectivity index (χ3n) is 3.90. The molecule has 0 aliphatic carbocycles. The molecule has 2 aromatic carbocycles. The fourth-order valence-electron chi connectivity index (χ4n) is 2.68. The number of para-hydroxylation sites is 1. The van der Waals surface area contributed by atoms with E-state index in [1.54, 1.807) is 18.5 Å². The maximum atomic E-state index is 13.8. The Kier molecular flexibility index (Phi) is 4.86. The van der Waals surface area contributed by atoms with Crippen molar-refractivity contribution < 1.29 is 14.0 Å². The first-order chi connectivity index (χ1) is 12.4. The molecule has 1 heterocycles.